The van der Waals surface area contributed by atoms with E-state index in [9.17, 15) is 4.79 Å². The summed E-state index contributed by atoms with van der Waals surface area (Å²) in [6.45, 7) is 1.77. The first-order chi connectivity index (χ1) is 13.1. The summed E-state index contributed by atoms with van der Waals surface area (Å²) in [6, 6.07) is 7.59. The highest BCUT2D eigenvalue weighted by Gasteiger charge is 2.68. The number of ether oxygens (including phenoxy) is 3. The van der Waals surface area contributed by atoms with Gasteiger partial charge in [-0.3, -0.25) is 0 Å². The average molecular weight is 369 g/mol. The van der Waals surface area contributed by atoms with Gasteiger partial charge in [-0.15, -0.1) is 0 Å². The van der Waals surface area contributed by atoms with E-state index in [4.69, 9.17) is 14.2 Å². The highest BCUT2D eigenvalue weighted by atomic mass is 16.8. The molecule has 2 heterocycles. The monoisotopic (exact) mass is 369 g/mol. The van der Waals surface area contributed by atoms with Crippen LogP contribution in [-0.4, -0.2) is 23.1 Å². The molecule has 0 aromatic heterocycles. The molecule has 0 unspecified atom stereocenters. The van der Waals surface area contributed by atoms with Gasteiger partial charge in [0.25, 0.3) is 0 Å². The van der Waals surface area contributed by atoms with Crippen molar-refractivity contribution in [1.82, 2.24) is 0 Å². The quantitative estimate of drug-likeness (QED) is 0.611. The van der Waals surface area contributed by atoms with E-state index in [0.29, 0.717) is 11.5 Å². The van der Waals surface area contributed by atoms with Crippen molar-refractivity contribution in [3.05, 3.63) is 29.8 Å². The highest BCUT2D eigenvalue weighted by molar-refractivity contribution is 5.90. The topological polar surface area (TPSA) is 57.1 Å². The molecule has 1 saturated heterocycles. The molecule has 5 nitrogen and oxygen atoms in total. The zero-order valence-electron chi connectivity index (χ0n) is 16.0. The van der Waals surface area contributed by atoms with Crippen molar-refractivity contribution < 1.29 is 19.0 Å². The minimum Gasteiger partial charge on any atom is -0.451 e. The Bertz CT molecular complexity index is 789. The second-order valence-electron chi connectivity index (χ2n) is 8.47. The summed E-state index contributed by atoms with van der Waals surface area (Å²) in [5.74, 6) is -1.50. The third kappa shape index (κ3) is 2.40. The van der Waals surface area contributed by atoms with Crippen molar-refractivity contribution in [3.8, 4) is 0 Å². The van der Waals surface area contributed by atoms with Gasteiger partial charge in [-0.25, -0.2) is 9.79 Å². The van der Waals surface area contributed by atoms with E-state index in [0.717, 1.165) is 57.1 Å². The van der Waals surface area contributed by atoms with E-state index in [1.807, 2.05) is 24.3 Å². The van der Waals surface area contributed by atoms with Gasteiger partial charge in [-0.2, -0.15) is 0 Å². The van der Waals surface area contributed by atoms with E-state index in [1.165, 1.54) is 12.8 Å². The van der Waals surface area contributed by atoms with E-state index in [1.54, 1.807) is 6.92 Å². The molecule has 2 aliphatic carbocycles. The van der Waals surface area contributed by atoms with Crippen molar-refractivity contribution in [2.45, 2.75) is 88.1 Å². The molecule has 5 heteroatoms. The molecule has 0 N–H and O–H groups in total. The zero-order chi connectivity index (χ0) is 18.5. The number of benzene rings is 1. The molecule has 0 radical (unpaired) electrons. The summed E-state index contributed by atoms with van der Waals surface area (Å²) in [5, 5.41) is 0. The molecule has 4 aliphatic rings. The van der Waals surface area contributed by atoms with Crippen LogP contribution in [0.3, 0.4) is 0 Å². The maximum absolute atomic E-state index is 13.5. The van der Waals surface area contributed by atoms with Gasteiger partial charge in [0.1, 0.15) is 11.2 Å². The molecule has 1 aromatic rings. The summed E-state index contributed by atoms with van der Waals surface area (Å²) in [4.78, 5) is 17.9. The Morgan fingerprint density at radius 1 is 0.852 bits per heavy atom. The summed E-state index contributed by atoms with van der Waals surface area (Å²) in [5.41, 5.74) is 0.416. The molecule has 0 amide bonds. The lowest BCUT2D eigenvalue weighted by Gasteiger charge is -2.59. The van der Waals surface area contributed by atoms with Crippen LogP contribution < -0.4 is 0 Å². The first-order valence-electron chi connectivity index (χ1n) is 10.4. The van der Waals surface area contributed by atoms with E-state index in [-0.39, 0.29) is 0 Å². The number of carbonyl (C=O) groups excluding carboxylic acids is 1. The number of esters is 1. The maximum Gasteiger partial charge on any atom is 0.385 e. The predicted octanol–water partition coefficient (Wildman–Crippen LogP) is 4.90. The van der Waals surface area contributed by atoms with E-state index < -0.39 is 23.0 Å². The normalized spacial score (nSPS) is 31.1. The third-order valence-corrected chi connectivity index (χ3v) is 6.88. The second kappa shape index (κ2) is 6.06. The molecule has 1 aromatic carbocycles. The van der Waals surface area contributed by atoms with Gasteiger partial charge in [0.05, 0.1) is 11.3 Å². The van der Waals surface area contributed by atoms with Crippen LogP contribution in [0, 0.1) is 0 Å². The van der Waals surface area contributed by atoms with Crippen molar-refractivity contribution in [1.29, 1.82) is 0 Å². The van der Waals surface area contributed by atoms with Crippen molar-refractivity contribution >= 4 is 17.6 Å². The van der Waals surface area contributed by atoms with Crippen LogP contribution in [-0.2, 0) is 24.8 Å². The number of fused-ring (bicyclic) bond motifs is 3. The summed E-state index contributed by atoms with van der Waals surface area (Å²) in [6.07, 6.45) is 10.4. The molecule has 2 aliphatic heterocycles. The average Bonchev–Trinajstić information content (AvgIpc) is 2.68. The number of hydrogen-bond donors (Lipinski definition) is 0. The Morgan fingerprint density at radius 3 is 2.19 bits per heavy atom. The standard InChI is InChI=1S/C22H27NO4/c1-16-23-18-11-5-4-10-17(18)22(25-16)19(24)26-20(12-6-2-7-13-20)21(27-22)14-8-3-9-15-21/h4-5,10-11H,2-3,6-9,12-15H2,1H3/t22-/m0/s1. The number of nitrogens with zero attached hydrogens (tertiary/aromatic N) is 1. The van der Waals surface area contributed by atoms with Crippen LogP contribution in [0.25, 0.3) is 0 Å². The molecule has 3 spiro atoms. The first-order valence-corrected chi connectivity index (χ1v) is 10.4. The summed E-state index contributed by atoms with van der Waals surface area (Å²) < 4.78 is 19.3. The lowest BCUT2D eigenvalue weighted by molar-refractivity contribution is -0.360. The molecular formula is C22H27NO4. The molecule has 27 heavy (non-hydrogen) atoms. The number of carbonyl (C=O) groups is 1. The highest BCUT2D eigenvalue weighted by Crippen LogP contribution is 2.57. The van der Waals surface area contributed by atoms with Gasteiger partial charge in [-0.05, 0) is 50.7 Å². The fourth-order valence-electron chi connectivity index (χ4n) is 5.64. The Kier molecular flexibility index (Phi) is 3.87. The van der Waals surface area contributed by atoms with E-state index in [2.05, 4.69) is 4.99 Å². The van der Waals surface area contributed by atoms with Gasteiger partial charge in [0.15, 0.2) is 5.90 Å². The molecule has 0 bridgehead atoms. The summed E-state index contributed by atoms with van der Waals surface area (Å²) in [7, 11) is 0. The number of aliphatic imine (C=N–C) groups is 1. The summed E-state index contributed by atoms with van der Waals surface area (Å²) >= 11 is 0. The Labute approximate surface area is 160 Å². The van der Waals surface area contributed by atoms with Crippen LogP contribution in [0.4, 0.5) is 5.69 Å². The zero-order valence-corrected chi connectivity index (χ0v) is 16.0. The van der Waals surface area contributed by atoms with Gasteiger partial charge >= 0.3 is 11.8 Å². The Morgan fingerprint density at radius 2 is 1.48 bits per heavy atom. The number of para-hydroxylation sites is 1. The maximum atomic E-state index is 13.5. The first kappa shape index (κ1) is 17.2. The molecule has 3 fully saturated rings. The van der Waals surface area contributed by atoms with E-state index >= 15 is 0 Å². The van der Waals surface area contributed by atoms with Crippen molar-refractivity contribution in [2.75, 3.05) is 0 Å². The van der Waals surface area contributed by atoms with Crippen LogP contribution in [0.2, 0.25) is 0 Å². The number of hydrogen-bond acceptors (Lipinski definition) is 5. The Hall–Kier alpha value is -1.88. The number of rotatable bonds is 0. The van der Waals surface area contributed by atoms with Gasteiger partial charge in [0, 0.05) is 6.92 Å². The SMILES string of the molecule is CC1=Nc2ccccc2[C@]2(O1)OC1(CCCCC1)C1(CCCCC1)OC2=O. The lowest BCUT2D eigenvalue weighted by Crippen LogP contribution is -2.70. The second-order valence-corrected chi connectivity index (χ2v) is 8.47. The van der Waals surface area contributed by atoms with Gasteiger partial charge in [0.2, 0.25) is 0 Å². The lowest BCUT2D eigenvalue weighted by atomic mass is 9.65. The predicted molar refractivity (Wildman–Crippen MR) is 101 cm³/mol. The molecule has 2 saturated carbocycles. The van der Waals surface area contributed by atoms with Crippen molar-refractivity contribution in [3.63, 3.8) is 0 Å². The molecule has 5 rings (SSSR count). The fraction of sp³-hybridized carbons (Fsp3) is 0.636. The van der Waals surface area contributed by atoms with Gasteiger partial charge in [-0.1, -0.05) is 37.8 Å². The largest absolute Gasteiger partial charge is 0.451 e. The van der Waals surface area contributed by atoms with Crippen molar-refractivity contribution in [2.24, 2.45) is 4.99 Å². The molecule has 144 valence electrons. The van der Waals surface area contributed by atoms with Crippen LogP contribution in [0.1, 0.15) is 76.7 Å². The molecule has 1 atom stereocenters. The van der Waals surface area contributed by atoms with Crippen LogP contribution in [0.5, 0.6) is 0 Å². The third-order valence-electron chi connectivity index (χ3n) is 6.88. The fourth-order valence-corrected chi connectivity index (χ4v) is 5.64. The minimum atomic E-state index is -1.53. The van der Waals surface area contributed by atoms with Crippen LogP contribution in [0.15, 0.2) is 29.3 Å². The smallest absolute Gasteiger partial charge is 0.385 e. The van der Waals surface area contributed by atoms with Crippen LogP contribution >= 0.6 is 0 Å². The Balaban J connectivity index is 1.64. The van der Waals surface area contributed by atoms with Gasteiger partial charge < -0.3 is 14.2 Å². The molecular weight excluding hydrogens is 342 g/mol. The minimum absolute atomic E-state index is 0.415.